The predicted molar refractivity (Wildman–Crippen MR) is 78.5 cm³/mol. The van der Waals surface area contributed by atoms with Crippen LogP contribution in [0.1, 0.15) is 30.5 Å². The SMILES string of the molecule is O=C1CCCCN1c1cnc(C#Cc2cccnc2)cn1. The van der Waals surface area contributed by atoms with Gasteiger partial charge in [0.25, 0.3) is 0 Å². The summed E-state index contributed by atoms with van der Waals surface area (Å²) in [7, 11) is 0. The predicted octanol–water partition coefficient (Wildman–Crippen LogP) is 1.79. The summed E-state index contributed by atoms with van der Waals surface area (Å²) in [6, 6.07) is 3.72. The maximum atomic E-state index is 11.8. The number of anilines is 1. The first-order chi connectivity index (χ1) is 10.3. The monoisotopic (exact) mass is 278 g/mol. The molecule has 5 nitrogen and oxygen atoms in total. The van der Waals surface area contributed by atoms with Crippen LogP contribution in [0.15, 0.2) is 36.9 Å². The fourth-order valence-electron chi connectivity index (χ4n) is 2.15. The van der Waals surface area contributed by atoms with Crippen LogP contribution in [-0.2, 0) is 4.79 Å². The number of aromatic nitrogens is 3. The summed E-state index contributed by atoms with van der Waals surface area (Å²) < 4.78 is 0. The number of nitrogens with zero attached hydrogens (tertiary/aromatic N) is 4. The third kappa shape index (κ3) is 3.23. The zero-order valence-corrected chi connectivity index (χ0v) is 11.5. The molecule has 1 aliphatic rings. The van der Waals surface area contributed by atoms with Gasteiger partial charge in [0, 0.05) is 30.9 Å². The smallest absolute Gasteiger partial charge is 0.228 e. The van der Waals surface area contributed by atoms with Crippen molar-refractivity contribution in [1.82, 2.24) is 15.0 Å². The number of pyridine rings is 1. The highest BCUT2D eigenvalue weighted by atomic mass is 16.2. The van der Waals surface area contributed by atoms with Gasteiger partial charge in [0.15, 0.2) is 5.82 Å². The van der Waals surface area contributed by atoms with Crippen molar-refractivity contribution in [2.75, 3.05) is 11.4 Å². The third-order valence-electron chi connectivity index (χ3n) is 3.23. The number of rotatable bonds is 1. The van der Waals surface area contributed by atoms with Gasteiger partial charge in [0.1, 0.15) is 5.69 Å². The molecule has 1 amide bonds. The van der Waals surface area contributed by atoms with Crippen LogP contribution in [0.4, 0.5) is 5.82 Å². The summed E-state index contributed by atoms with van der Waals surface area (Å²) in [5, 5.41) is 0. The molecule has 21 heavy (non-hydrogen) atoms. The molecule has 0 N–H and O–H groups in total. The van der Waals surface area contributed by atoms with Crippen LogP contribution in [-0.4, -0.2) is 27.4 Å². The van der Waals surface area contributed by atoms with Crippen molar-refractivity contribution < 1.29 is 4.79 Å². The minimum atomic E-state index is 0.116. The number of piperidine rings is 1. The first kappa shape index (κ1) is 13.3. The number of hydrogen-bond acceptors (Lipinski definition) is 4. The van der Waals surface area contributed by atoms with E-state index in [1.807, 2.05) is 12.1 Å². The second kappa shape index (κ2) is 6.14. The molecule has 2 aromatic heterocycles. The second-order valence-corrected chi connectivity index (χ2v) is 4.75. The van der Waals surface area contributed by atoms with E-state index in [0.717, 1.165) is 18.4 Å². The summed E-state index contributed by atoms with van der Waals surface area (Å²) in [6.07, 6.45) is 9.16. The van der Waals surface area contributed by atoms with Crippen molar-refractivity contribution in [2.24, 2.45) is 0 Å². The summed E-state index contributed by atoms with van der Waals surface area (Å²) >= 11 is 0. The van der Waals surface area contributed by atoms with E-state index in [2.05, 4.69) is 26.8 Å². The highest BCUT2D eigenvalue weighted by Gasteiger charge is 2.20. The van der Waals surface area contributed by atoms with E-state index >= 15 is 0 Å². The lowest BCUT2D eigenvalue weighted by molar-refractivity contribution is -0.119. The van der Waals surface area contributed by atoms with Crippen LogP contribution in [0, 0.1) is 11.8 Å². The molecule has 0 unspecified atom stereocenters. The zero-order chi connectivity index (χ0) is 14.5. The Morgan fingerprint density at radius 1 is 1.10 bits per heavy atom. The van der Waals surface area contributed by atoms with Gasteiger partial charge in [-0.1, -0.05) is 5.92 Å². The van der Waals surface area contributed by atoms with Gasteiger partial charge in [0.05, 0.1) is 12.4 Å². The normalized spacial score (nSPS) is 14.5. The van der Waals surface area contributed by atoms with Crippen LogP contribution in [0.2, 0.25) is 0 Å². The highest BCUT2D eigenvalue weighted by Crippen LogP contribution is 2.17. The Morgan fingerprint density at radius 2 is 2.05 bits per heavy atom. The van der Waals surface area contributed by atoms with Gasteiger partial charge in [0.2, 0.25) is 5.91 Å². The first-order valence-electron chi connectivity index (χ1n) is 6.87. The molecule has 104 valence electrons. The van der Waals surface area contributed by atoms with Gasteiger partial charge in [-0.05, 0) is 30.9 Å². The minimum absolute atomic E-state index is 0.116. The molecule has 0 bridgehead atoms. The average molecular weight is 278 g/mol. The summed E-state index contributed by atoms with van der Waals surface area (Å²) in [4.78, 5) is 26.0. The molecule has 0 saturated carbocycles. The van der Waals surface area contributed by atoms with Gasteiger partial charge in [-0.25, -0.2) is 9.97 Å². The Morgan fingerprint density at radius 3 is 2.76 bits per heavy atom. The highest BCUT2D eigenvalue weighted by molar-refractivity contribution is 5.92. The second-order valence-electron chi connectivity index (χ2n) is 4.75. The first-order valence-corrected chi connectivity index (χ1v) is 6.87. The maximum Gasteiger partial charge on any atom is 0.228 e. The van der Waals surface area contributed by atoms with E-state index in [0.29, 0.717) is 24.5 Å². The molecule has 3 heterocycles. The Bertz CT molecular complexity index is 686. The molecular weight excluding hydrogens is 264 g/mol. The average Bonchev–Trinajstić information content (AvgIpc) is 2.55. The summed E-state index contributed by atoms with van der Waals surface area (Å²) in [5.74, 6) is 6.63. The molecular formula is C16H14N4O. The van der Waals surface area contributed by atoms with Gasteiger partial charge < -0.3 is 0 Å². The Labute approximate surface area is 123 Å². The lowest BCUT2D eigenvalue weighted by Crippen LogP contribution is -2.35. The molecule has 2 aromatic rings. The lowest BCUT2D eigenvalue weighted by Gasteiger charge is -2.25. The largest absolute Gasteiger partial charge is 0.296 e. The van der Waals surface area contributed by atoms with Crippen LogP contribution < -0.4 is 4.90 Å². The Balaban J connectivity index is 1.75. The van der Waals surface area contributed by atoms with E-state index in [9.17, 15) is 4.79 Å². The maximum absolute atomic E-state index is 11.8. The molecule has 0 aromatic carbocycles. The minimum Gasteiger partial charge on any atom is -0.296 e. The lowest BCUT2D eigenvalue weighted by atomic mass is 10.1. The van der Waals surface area contributed by atoms with E-state index < -0.39 is 0 Å². The van der Waals surface area contributed by atoms with E-state index in [4.69, 9.17) is 0 Å². The van der Waals surface area contributed by atoms with Crippen molar-refractivity contribution in [1.29, 1.82) is 0 Å². The quantitative estimate of drug-likeness (QED) is 0.746. The molecule has 0 spiro atoms. The van der Waals surface area contributed by atoms with Crippen molar-refractivity contribution in [2.45, 2.75) is 19.3 Å². The molecule has 5 heteroatoms. The van der Waals surface area contributed by atoms with Crippen LogP contribution in [0.5, 0.6) is 0 Å². The molecule has 0 radical (unpaired) electrons. The van der Waals surface area contributed by atoms with Gasteiger partial charge >= 0.3 is 0 Å². The molecule has 3 rings (SSSR count). The van der Waals surface area contributed by atoms with Crippen molar-refractivity contribution >= 4 is 11.7 Å². The van der Waals surface area contributed by atoms with Gasteiger partial charge in [-0.2, -0.15) is 0 Å². The van der Waals surface area contributed by atoms with Crippen LogP contribution in [0.3, 0.4) is 0 Å². The van der Waals surface area contributed by atoms with Gasteiger partial charge in [-0.15, -0.1) is 0 Å². The molecule has 1 aliphatic heterocycles. The fourth-order valence-corrected chi connectivity index (χ4v) is 2.15. The molecule has 1 fully saturated rings. The third-order valence-corrected chi connectivity index (χ3v) is 3.23. The summed E-state index contributed by atoms with van der Waals surface area (Å²) in [5.41, 5.74) is 1.40. The zero-order valence-electron chi connectivity index (χ0n) is 11.5. The number of carbonyl (C=O) groups is 1. The Hall–Kier alpha value is -2.74. The van der Waals surface area contributed by atoms with Crippen molar-refractivity contribution in [3.63, 3.8) is 0 Å². The molecule has 0 atom stereocenters. The molecule has 0 aliphatic carbocycles. The van der Waals surface area contributed by atoms with Crippen LogP contribution in [0.25, 0.3) is 0 Å². The van der Waals surface area contributed by atoms with E-state index in [1.54, 1.807) is 29.7 Å². The standard InChI is InChI=1S/C16H14N4O/c21-16-5-1-2-9-20(16)15-12-18-14(11-19-15)7-6-13-4-3-8-17-10-13/h3-4,8,10-12H,1-2,5,9H2. The summed E-state index contributed by atoms with van der Waals surface area (Å²) in [6.45, 7) is 0.716. The topological polar surface area (TPSA) is 59.0 Å². The van der Waals surface area contributed by atoms with Crippen molar-refractivity contribution in [3.8, 4) is 11.8 Å². The molecule has 1 saturated heterocycles. The fraction of sp³-hybridized carbons (Fsp3) is 0.250. The van der Waals surface area contributed by atoms with Crippen molar-refractivity contribution in [3.05, 3.63) is 48.2 Å². The number of amides is 1. The van der Waals surface area contributed by atoms with Gasteiger partial charge in [-0.3, -0.25) is 14.7 Å². The van der Waals surface area contributed by atoms with E-state index in [1.165, 1.54) is 0 Å². The van der Waals surface area contributed by atoms with E-state index in [-0.39, 0.29) is 5.91 Å². The Kier molecular flexibility index (Phi) is 3.88. The number of hydrogen-bond donors (Lipinski definition) is 0. The van der Waals surface area contributed by atoms with Crippen LogP contribution >= 0.6 is 0 Å². The number of carbonyl (C=O) groups excluding carboxylic acids is 1.